The molecule has 0 aromatic rings. The first-order valence-electron chi connectivity index (χ1n) is 3.34. The van der Waals surface area contributed by atoms with Crippen molar-refractivity contribution < 1.29 is 5.11 Å². The molecule has 0 atom stereocenters. The van der Waals surface area contributed by atoms with Gasteiger partial charge in [0, 0.05) is 0 Å². The molecule has 0 unspecified atom stereocenters. The van der Waals surface area contributed by atoms with Crippen LogP contribution in [0.5, 0.6) is 0 Å². The largest absolute Gasteiger partial charge is 0.392 e. The molecular formula is C8H14O. The minimum Gasteiger partial charge on any atom is -0.392 e. The fourth-order valence-corrected chi connectivity index (χ4v) is 0.481. The zero-order chi connectivity index (χ0) is 6.95. The summed E-state index contributed by atoms with van der Waals surface area (Å²) < 4.78 is 0. The van der Waals surface area contributed by atoms with Gasteiger partial charge in [0.25, 0.3) is 0 Å². The van der Waals surface area contributed by atoms with Crippen LogP contribution in [0, 0.1) is 0 Å². The third-order valence-corrected chi connectivity index (χ3v) is 0.944. The van der Waals surface area contributed by atoms with Crippen LogP contribution in [0.4, 0.5) is 0 Å². The summed E-state index contributed by atoms with van der Waals surface area (Å²) in [7, 11) is 0. The van der Waals surface area contributed by atoms with E-state index in [1.54, 1.807) is 6.08 Å². The average molecular weight is 126 g/mol. The molecule has 0 spiro atoms. The molecule has 0 saturated heterocycles. The van der Waals surface area contributed by atoms with E-state index in [9.17, 15) is 0 Å². The Morgan fingerprint density at radius 2 is 1.89 bits per heavy atom. The molecule has 1 nitrogen and oxygen atoms in total. The third-order valence-electron chi connectivity index (χ3n) is 0.944. The Morgan fingerprint density at radius 3 is 2.44 bits per heavy atom. The second-order valence-electron chi connectivity index (χ2n) is 1.83. The van der Waals surface area contributed by atoms with E-state index in [0.717, 1.165) is 6.42 Å². The molecule has 1 heteroatoms. The van der Waals surface area contributed by atoms with Gasteiger partial charge in [0.05, 0.1) is 6.61 Å². The first-order valence-corrected chi connectivity index (χ1v) is 3.34. The minimum atomic E-state index is 0.135. The number of unbranched alkanes of at least 4 members (excludes halogenated alkanes) is 1. The van der Waals surface area contributed by atoms with Crippen LogP contribution in [0.25, 0.3) is 0 Å². The summed E-state index contributed by atoms with van der Waals surface area (Å²) in [6.07, 6.45) is 9.92. The summed E-state index contributed by atoms with van der Waals surface area (Å²) in [5, 5.41) is 8.30. The van der Waals surface area contributed by atoms with Crippen molar-refractivity contribution in [2.75, 3.05) is 6.61 Å². The summed E-state index contributed by atoms with van der Waals surface area (Å²) in [6.45, 7) is 2.27. The molecular weight excluding hydrogens is 112 g/mol. The second-order valence-corrected chi connectivity index (χ2v) is 1.83. The molecule has 0 aliphatic carbocycles. The lowest BCUT2D eigenvalue weighted by Gasteiger charge is -1.79. The number of hydrogen-bond donors (Lipinski definition) is 1. The van der Waals surface area contributed by atoms with E-state index in [-0.39, 0.29) is 6.61 Å². The molecule has 0 aromatic heterocycles. The number of aliphatic hydroxyl groups excluding tert-OH is 1. The maximum atomic E-state index is 8.30. The average Bonchev–Trinajstić information content (AvgIpc) is 1.89. The van der Waals surface area contributed by atoms with Crippen molar-refractivity contribution in [3.8, 4) is 0 Å². The summed E-state index contributed by atoms with van der Waals surface area (Å²) >= 11 is 0. The van der Waals surface area contributed by atoms with Gasteiger partial charge in [-0.25, -0.2) is 0 Å². The summed E-state index contributed by atoms with van der Waals surface area (Å²) in [5.74, 6) is 0. The van der Waals surface area contributed by atoms with Crippen LogP contribution < -0.4 is 0 Å². The van der Waals surface area contributed by atoms with Crippen LogP contribution in [0.2, 0.25) is 0 Å². The van der Waals surface area contributed by atoms with Crippen molar-refractivity contribution in [1.29, 1.82) is 0 Å². The molecule has 0 heterocycles. The van der Waals surface area contributed by atoms with Gasteiger partial charge in [-0.05, 0) is 6.42 Å². The lowest BCUT2D eigenvalue weighted by atomic mass is 10.3. The maximum Gasteiger partial charge on any atom is 0.0615 e. The van der Waals surface area contributed by atoms with Crippen molar-refractivity contribution in [3.05, 3.63) is 24.3 Å². The van der Waals surface area contributed by atoms with Gasteiger partial charge >= 0.3 is 0 Å². The highest BCUT2D eigenvalue weighted by Crippen LogP contribution is 1.87. The molecule has 0 fully saturated rings. The van der Waals surface area contributed by atoms with Crippen molar-refractivity contribution in [1.82, 2.24) is 0 Å². The number of hydrogen-bond acceptors (Lipinski definition) is 1. The van der Waals surface area contributed by atoms with Gasteiger partial charge in [-0.1, -0.05) is 37.6 Å². The van der Waals surface area contributed by atoms with E-state index >= 15 is 0 Å². The fourth-order valence-electron chi connectivity index (χ4n) is 0.481. The van der Waals surface area contributed by atoms with Crippen LogP contribution in [-0.4, -0.2) is 11.7 Å². The van der Waals surface area contributed by atoms with Gasteiger partial charge in [-0.2, -0.15) is 0 Å². The standard InChI is InChI=1S/C8H14O/c1-2-3-4-5-6-7-8-9/h4-7,9H,2-3,8H2,1H3/b5-4-,7-6+. The van der Waals surface area contributed by atoms with Gasteiger partial charge in [0.15, 0.2) is 0 Å². The van der Waals surface area contributed by atoms with E-state index in [4.69, 9.17) is 5.11 Å². The summed E-state index contributed by atoms with van der Waals surface area (Å²) in [6, 6.07) is 0. The van der Waals surface area contributed by atoms with Crippen molar-refractivity contribution in [2.45, 2.75) is 19.8 Å². The van der Waals surface area contributed by atoms with Crippen LogP contribution >= 0.6 is 0 Å². The van der Waals surface area contributed by atoms with E-state index in [2.05, 4.69) is 13.0 Å². The van der Waals surface area contributed by atoms with Crippen molar-refractivity contribution >= 4 is 0 Å². The molecule has 0 aliphatic rings. The Balaban J connectivity index is 3.13. The van der Waals surface area contributed by atoms with E-state index in [1.165, 1.54) is 6.42 Å². The summed E-state index contributed by atoms with van der Waals surface area (Å²) in [5.41, 5.74) is 0. The maximum absolute atomic E-state index is 8.30. The Bertz CT molecular complexity index is 92.7. The van der Waals surface area contributed by atoms with Crippen LogP contribution in [-0.2, 0) is 0 Å². The zero-order valence-electron chi connectivity index (χ0n) is 5.88. The second kappa shape index (κ2) is 7.44. The highest BCUT2D eigenvalue weighted by atomic mass is 16.2. The third kappa shape index (κ3) is 7.44. The highest BCUT2D eigenvalue weighted by molar-refractivity contribution is 5.01. The zero-order valence-corrected chi connectivity index (χ0v) is 5.88. The van der Waals surface area contributed by atoms with E-state index < -0.39 is 0 Å². The molecule has 0 bridgehead atoms. The first-order chi connectivity index (χ1) is 4.41. The smallest absolute Gasteiger partial charge is 0.0615 e. The predicted molar refractivity (Wildman–Crippen MR) is 40.3 cm³/mol. The number of rotatable bonds is 4. The monoisotopic (exact) mass is 126 g/mol. The molecule has 0 aliphatic heterocycles. The lowest BCUT2D eigenvalue weighted by Crippen LogP contribution is -1.67. The molecule has 9 heavy (non-hydrogen) atoms. The van der Waals surface area contributed by atoms with Gasteiger partial charge < -0.3 is 5.11 Å². The number of allylic oxidation sites excluding steroid dienone is 3. The van der Waals surface area contributed by atoms with Gasteiger partial charge in [0.1, 0.15) is 0 Å². The van der Waals surface area contributed by atoms with Crippen LogP contribution in [0.15, 0.2) is 24.3 Å². The quantitative estimate of drug-likeness (QED) is 0.570. The highest BCUT2D eigenvalue weighted by Gasteiger charge is 1.68. The Kier molecular flexibility index (Phi) is 6.98. The van der Waals surface area contributed by atoms with Crippen LogP contribution in [0.1, 0.15) is 19.8 Å². The SMILES string of the molecule is CCC/C=C\C=C\CO. The lowest BCUT2D eigenvalue weighted by molar-refractivity contribution is 0.343. The molecule has 52 valence electrons. The van der Waals surface area contributed by atoms with Crippen molar-refractivity contribution in [3.63, 3.8) is 0 Å². The topological polar surface area (TPSA) is 20.2 Å². The molecule has 1 N–H and O–H groups in total. The Morgan fingerprint density at radius 1 is 1.22 bits per heavy atom. The molecule has 0 saturated carbocycles. The molecule has 0 radical (unpaired) electrons. The van der Waals surface area contributed by atoms with E-state index in [1.807, 2.05) is 12.2 Å². The Labute approximate surface area is 56.7 Å². The molecule has 0 aromatic carbocycles. The van der Waals surface area contributed by atoms with E-state index in [0.29, 0.717) is 0 Å². The molecule has 0 rings (SSSR count). The van der Waals surface area contributed by atoms with Gasteiger partial charge in [-0.15, -0.1) is 0 Å². The normalized spacial score (nSPS) is 11.8. The predicted octanol–water partition coefficient (Wildman–Crippen LogP) is 1.89. The van der Waals surface area contributed by atoms with Crippen LogP contribution in [0.3, 0.4) is 0 Å². The number of aliphatic hydroxyl groups is 1. The summed E-state index contributed by atoms with van der Waals surface area (Å²) in [4.78, 5) is 0. The van der Waals surface area contributed by atoms with Crippen molar-refractivity contribution in [2.24, 2.45) is 0 Å². The fraction of sp³-hybridized carbons (Fsp3) is 0.500. The molecule has 0 amide bonds. The van der Waals surface area contributed by atoms with Gasteiger partial charge in [-0.3, -0.25) is 0 Å². The first kappa shape index (κ1) is 8.44. The van der Waals surface area contributed by atoms with Gasteiger partial charge in [0.2, 0.25) is 0 Å². The minimum absolute atomic E-state index is 0.135. The Hall–Kier alpha value is -0.560.